The molecule has 6 atom stereocenters. The summed E-state index contributed by atoms with van der Waals surface area (Å²) in [6.07, 6.45) is 0.967. The van der Waals surface area contributed by atoms with Crippen LogP contribution in [0, 0.1) is 59.2 Å². The first-order valence-corrected chi connectivity index (χ1v) is 17.1. The highest BCUT2D eigenvalue weighted by molar-refractivity contribution is 5.85. The number of hydrogen-bond acceptors (Lipinski definition) is 7. The van der Waals surface area contributed by atoms with Crippen LogP contribution in [0.5, 0.6) is 0 Å². The van der Waals surface area contributed by atoms with Gasteiger partial charge in [0.05, 0.1) is 35.5 Å². The summed E-state index contributed by atoms with van der Waals surface area (Å²) in [4.78, 5) is 75.6. The Bertz CT molecular complexity index is 1020. The van der Waals surface area contributed by atoms with E-state index in [1.54, 1.807) is 13.8 Å². The largest absolute Gasteiger partial charge is 0.481 e. The predicted octanol–water partition coefficient (Wildman–Crippen LogP) is 1.75. The van der Waals surface area contributed by atoms with E-state index in [9.17, 15) is 33.9 Å². The normalized spacial score (nSPS) is 15.4. The molecule has 47 heavy (non-hydrogen) atoms. The monoisotopic (exact) mass is 668 g/mol. The zero-order valence-electron chi connectivity index (χ0n) is 30.4. The van der Waals surface area contributed by atoms with Crippen molar-refractivity contribution in [1.82, 2.24) is 26.6 Å². The first-order valence-electron chi connectivity index (χ1n) is 17.1. The number of aliphatic carboxylic acids is 1. The van der Waals surface area contributed by atoms with E-state index < -0.39 is 35.6 Å². The summed E-state index contributed by atoms with van der Waals surface area (Å²) >= 11 is 0. The van der Waals surface area contributed by atoms with Crippen molar-refractivity contribution in [2.45, 2.75) is 82.1 Å². The zero-order chi connectivity index (χ0) is 36.4. The number of hydrogen-bond donors (Lipinski definition) is 7. The van der Waals surface area contributed by atoms with Crippen LogP contribution >= 0.6 is 0 Å². The Morgan fingerprint density at radius 3 is 1.23 bits per heavy atom. The standard InChI is InChI=1S/C34H64N6O7/c1-19(2)11-25(16-38-29(41)23(9)14-36-32(44)27(13-35)21(5)6)31(43)40-18-28(22(7)8)33(45)37-15-24(10)30(42)39-17-26(34(46)47)12-20(3)4/h19-28H,11-18,35H2,1-10H3,(H,36,44)(H,37,45)(H,38,41)(H,39,42)(H,40,43)(H,46,47)/t23-,24-,25-,26-,27+,28+/m1/s1. The van der Waals surface area contributed by atoms with Crippen LogP contribution in [-0.4, -0.2) is 79.9 Å². The van der Waals surface area contributed by atoms with E-state index in [-0.39, 0.29) is 98.4 Å². The molecule has 0 bridgehead atoms. The predicted molar refractivity (Wildman–Crippen MR) is 183 cm³/mol. The van der Waals surface area contributed by atoms with Crippen LogP contribution in [0.1, 0.15) is 82.1 Å². The molecule has 0 rings (SSSR count). The molecule has 0 saturated heterocycles. The number of amides is 5. The second-order valence-corrected chi connectivity index (χ2v) is 14.5. The van der Waals surface area contributed by atoms with Crippen LogP contribution < -0.4 is 32.3 Å². The lowest BCUT2D eigenvalue weighted by Gasteiger charge is -2.25. The molecular formula is C34H64N6O7. The Morgan fingerprint density at radius 2 is 0.851 bits per heavy atom. The van der Waals surface area contributed by atoms with Gasteiger partial charge in [-0.05, 0) is 36.5 Å². The van der Waals surface area contributed by atoms with E-state index in [1.165, 1.54) is 0 Å². The second kappa shape index (κ2) is 22.4. The van der Waals surface area contributed by atoms with E-state index >= 15 is 0 Å². The van der Waals surface area contributed by atoms with Crippen molar-refractivity contribution in [3.8, 4) is 0 Å². The quantitative estimate of drug-likeness (QED) is 0.0851. The third-order valence-electron chi connectivity index (χ3n) is 8.37. The van der Waals surface area contributed by atoms with Gasteiger partial charge in [0.1, 0.15) is 0 Å². The van der Waals surface area contributed by atoms with E-state index in [2.05, 4.69) is 26.6 Å². The van der Waals surface area contributed by atoms with Crippen molar-refractivity contribution in [2.75, 3.05) is 39.3 Å². The minimum atomic E-state index is -0.960. The van der Waals surface area contributed by atoms with Gasteiger partial charge in [-0.15, -0.1) is 0 Å². The maximum atomic E-state index is 13.2. The van der Waals surface area contributed by atoms with Crippen LogP contribution in [0.2, 0.25) is 0 Å². The summed E-state index contributed by atoms with van der Waals surface area (Å²) in [5.41, 5.74) is 5.71. The molecule has 0 unspecified atom stereocenters. The first-order chi connectivity index (χ1) is 21.8. The van der Waals surface area contributed by atoms with Gasteiger partial charge >= 0.3 is 5.97 Å². The molecule has 272 valence electrons. The molecule has 0 aromatic carbocycles. The van der Waals surface area contributed by atoms with E-state index in [0.717, 1.165) is 0 Å². The van der Waals surface area contributed by atoms with Gasteiger partial charge in [0.2, 0.25) is 29.5 Å². The topological polar surface area (TPSA) is 209 Å². The highest BCUT2D eigenvalue weighted by Crippen LogP contribution is 2.15. The lowest BCUT2D eigenvalue weighted by Crippen LogP contribution is -2.47. The van der Waals surface area contributed by atoms with Gasteiger partial charge in [-0.25, -0.2) is 0 Å². The van der Waals surface area contributed by atoms with Gasteiger partial charge in [-0.1, -0.05) is 69.2 Å². The van der Waals surface area contributed by atoms with Gasteiger partial charge in [0, 0.05) is 39.3 Å². The maximum absolute atomic E-state index is 13.2. The number of nitrogens with two attached hydrogens (primary N) is 1. The van der Waals surface area contributed by atoms with Crippen LogP contribution in [0.4, 0.5) is 0 Å². The molecule has 0 aliphatic rings. The summed E-state index contributed by atoms with van der Waals surface area (Å²) in [6.45, 7) is 19.4. The SMILES string of the molecule is CC(C)C[C@H](CNC(=O)[C@H](C)CNC(=O)[C@@H](CNC(=O)[C@@H](CNC(=O)[C@H](C)CNC(=O)[C@@H](CN)C(C)C)CC(C)C)C(C)C)C(=O)O. The Balaban J connectivity index is 5.06. The lowest BCUT2D eigenvalue weighted by atomic mass is 9.93. The number of carboxylic acids is 1. The van der Waals surface area contributed by atoms with Crippen LogP contribution in [0.15, 0.2) is 0 Å². The number of carbonyl (C=O) groups excluding carboxylic acids is 5. The van der Waals surface area contributed by atoms with Crippen molar-refractivity contribution >= 4 is 35.5 Å². The number of carboxylic acid groups (broad SMARTS) is 1. The summed E-state index contributed by atoms with van der Waals surface area (Å²) in [5.74, 6) is -5.22. The molecule has 5 amide bonds. The van der Waals surface area contributed by atoms with Crippen molar-refractivity contribution in [3.05, 3.63) is 0 Å². The van der Waals surface area contributed by atoms with Crippen LogP contribution in [-0.2, 0) is 28.8 Å². The molecule has 0 fully saturated rings. The van der Waals surface area contributed by atoms with Gasteiger partial charge in [-0.2, -0.15) is 0 Å². The molecular weight excluding hydrogens is 604 g/mol. The highest BCUT2D eigenvalue weighted by atomic mass is 16.4. The van der Waals surface area contributed by atoms with Crippen LogP contribution in [0.3, 0.4) is 0 Å². The maximum Gasteiger partial charge on any atom is 0.308 e. The molecule has 0 aliphatic carbocycles. The second-order valence-electron chi connectivity index (χ2n) is 14.5. The van der Waals surface area contributed by atoms with Gasteiger partial charge in [0.25, 0.3) is 0 Å². The van der Waals surface area contributed by atoms with E-state index in [1.807, 2.05) is 55.4 Å². The van der Waals surface area contributed by atoms with E-state index in [0.29, 0.717) is 12.8 Å². The van der Waals surface area contributed by atoms with Crippen molar-refractivity contribution < 1.29 is 33.9 Å². The summed E-state index contributed by atoms with van der Waals surface area (Å²) in [7, 11) is 0. The summed E-state index contributed by atoms with van der Waals surface area (Å²) in [5, 5.41) is 23.4. The molecule has 8 N–H and O–H groups in total. The van der Waals surface area contributed by atoms with Gasteiger partial charge in [0.15, 0.2) is 0 Å². The van der Waals surface area contributed by atoms with Gasteiger partial charge < -0.3 is 37.4 Å². The number of rotatable bonds is 23. The average Bonchev–Trinajstić information content (AvgIpc) is 2.97. The fraction of sp³-hybridized carbons (Fsp3) is 0.824. The minimum Gasteiger partial charge on any atom is -0.481 e. The Hall–Kier alpha value is -3.22. The summed E-state index contributed by atoms with van der Waals surface area (Å²) in [6, 6.07) is 0. The Labute approximate surface area is 282 Å². The number of nitrogens with one attached hydrogen (secondary N) is 5. The smallest absolute Gasteiger partial charge is 0.308 e. The average molecular weight is 669 g/mol. The van der Waals surface area contributed by atoms with E-state index in [4.69, 9.17) is 5.73 Å². The lowest BCUT2D eigenvalue weighted by molar-refractivity contribution is -0.142. The fourth-order valence-electron chi connectivity index (χ4n) is 5.11. The Kier molecular flexibility index (Phi) is 20.8. The molecule has 0 aliphatic heterocycles. The zero-order valence-corrected chi connectivity index (χ0v) is 30.4. The molecule has 0 spiro atoms. The summed E-state index contributed by atoms with van der Waals surface area (Å²) < 4.78 is 0. The number of carbonyl (C=O) groups is 6. The third kappa shape index (κ3) is 17.5. The molecule has 0 aromatic heterocycles. The fourth-order valence-corrected chi connectivity index (χ4v) is 5.11. The molecule has 13 nitrogen and oxygen atoms in total. The van der Waals surface area contributed by atoms with Gasteiger partial charge in [-0.3, -0.25) is 28.8 Å². The molecule has 13 heteroatoms. The molecule has 0 radical (unpaired) electrons. The minimum absolute atomic E-state index is 0.0201. The van der Waals surface area contributed by atoms with Crippen molar-refractivity contribution in [3.63, 3.8) is 0 Å². The van der Waals surface area contributed by atoms with Crippen molar-refractivity contribution in [1.29, 1.82) is 0 Å². The van der Waals surface area contributed by atoms with Crippen LogP contribution in [0.25, 0.3) is 0 Å². The highest BCUT2D eigenvalue weighted by Gasteiger charge is 2.28. The molecule has 0 saturated carbocycles. The Morgan fingerprint density at radius 1 is 0.489 bits per heavy atom. The first kappa shape index (κ1) is 43.8. The van der Waals surface area contributed by atoms with Crippen molar-refractivity contribution in [2.24, 2.45) is 64.9 Å². The molecule has 0 aromatic rings. The third-order valence-corrected chi connectivity index (χ3v) is 8.37. The molecule has 0 heterocycles.